The van der Waals surface area contributed by atoms with Crippen molar-refractivity contribution in [1.82, 2.24) is 9.97 Å². The second-order valence-electron chi connectivity index (χ2n) is 4.15. The Balaban J connectivity index is 2.41. The second-order valence-corrected chi connectivity index (χ2v) is 4.56. The van der Waals surface area contributed by atoms with E-state index in [1.807, 2.05) is 44.2 Å². The van der Waals surface area contributed by atoms with Crippen LogP contribution in [0, 0.1) is 4.64 Å². The van der Waals surface area contributed by atoms with Crippen molar-refractivity contribution in [2.45, 2.75) is 20.5 Å². The average molecular weight is 290 g/mol. The van der Waals surface area contributed by atoms with Crippen LogP contribution in [-0.4, -0.2) is 23.2 Å². The van der Waals surface area contributed by atoms with E-state index in [-0.39, 0.29) is 0 Å². The number of hydrogen-bond acceptors (Lipinski definition) is 4. The number of benzene rings is 1. The van der Waals surface area contributed by atoms with Gasteiger partial charge in [0, 0.05) is 12.2 Å². The van der Waals surface area contributed by atoms with Gasteiger partial charge in [0.25, 0.3) is 0 Å². The van der Waals surface area contributed by atoms with Crippen molar-refractivity contribution >= 4 is 12.2 Å². The third kappa shape index (κ3) is 3.65. The highest BCUT2D eigenvalue weighted by Crippen LogP contribution is 2.28. The molecule has 0 bridgehead atoms. The van der Waals surface area contributed by atoms with E-state index in [2.05, 4.69) is 9.97 Å². The number of aromatic nitrogens is 2. The van der Waals surface area contributed by atoms with Crippen LogP contribution in [0.3, 0.4) is 0 Å². The van der Waals surface area contributed by atoms with Crippen LogP contribution in [0.4, 0.5) is 0 Å². The molecule has 0 saturated carbocycles. The molecule has 106 valence electrons. The Bertz CT molecular complexity index is 625. The highest BCUT2D eigenvalue weighted by Gasteiger charge is 2.07. The summed E-state index contributed by atoms with van der Waals surface area (Å²) in [5.41, 5.74) is 1.87. The van der Waals surface area contributed by atoms with Gasteiger partial charge in [-0.3, -0.25) is 0 Å². The van der Waals surface area contributed by atoms with E-state index in [1.54, 1.807) is 0 Å². The summed E-state index contributed by atoms with van der Waals surface area (Å²) in [6.07, 6.45) is 0. The molecular weight excluding hydrogens is 272 g/mol. The molecule has 0 aliphatic rings. The maximum atomic E-state index is 5.65. The Hall–Kier alpha value is -1.72. The molecule has 0 fully saturated rings. The van der Waals surface area contributed by atoms with Crippen LogP contribution in [0.15, 0.2) is 30.3 Å². The van der Waals surface area contributed by atoms with Gasteiger partial charge in [0.05, 0.1) is 12.3 Å². The molecule has 2 rings (SSSR count). The van der Waals surface area contributed by atoms with Crippen LogP contribution in [0.5, 0.6) is 5.75 Å². The summed E-state index contributed by atoms with van der Waals surface area (Å²) in [5, 5.41) is 0. The van der Waals surface area contributed by atoms with Gasteiger partial charge in [-0.05, 0) is 32.0 Å². The zero-order valence-corrected chi connectivity index (χ0v) is 12.5. The standard InChI is InChI=1S/C15H18N2O2S/c1-3-18-10-14-16-12(9-15(20)17-14)11-7-5-6-8-13(11)19-4-2/h5-9H,3-4,10H2,1-2H3,(H,16,17,20). The molecule has 20 heavy (non-hydrogen) atoms. The van der Waals surface area contributed by atoms with E-state index in [0.29, 0.717) is 24.5 Å². The molecule has 4 nitrogen and oxygen atoms in total. The van der Waals surface area contributed by atoms with Crippen LogP contribution < -0.4 is 4.74 Å². The Kier molecular flexibility index (Phi) is 5.26. The van der Waals surface area contributed by atoms with Crippen LogP contribution in [0.25, 0.3) is 11.3 Å². The quantitative estimate of drug-likeness (QED) is 0.823. The molecule has 0 aliphatic heterocycles. The van der Waals surface area contributed by atoms with E-state index in [9.17, 15) is 0 Å². The minimum Gasteiger partial charge on any atom is -0.493 e. The lowest BCUT2D eigenvalue weighted by Crippen LogP contribution is -2.01. The number of nitrogens with zero attached hydrogens (tertiary/aromatic N) is 1. The first-order chi connectivity index (χ1) is 9.74. The van der Waals surface area contributed by atoms with Crippen LogP contribution in [0.1, 0.15) is 19.7 Å². The summed E-state index contributed by atoms with van der Waals surface area (Å²) in [7, 11) is 0. The van der Waals surface area contributed by atoms with Crippen molar-refractivity contribution in [3.63, 3.8) is 0 Å². The molecule has 2 aromatic rings. The lowest BCUT2D eigenvalue weighted by atomic mass is 10.1. The molecule has 5 heteroatoms. The van der Waals surface area contributed by atoms with Gasteiger partial charge >= 0.3 is 0 Å². The summed E-state index contributed by atoms with van der Waals surface area (Å²) in [6, 6.07) is 9.69. The maximum Gasteiger partial charge on any atom is 0.134 e. The van der Waals surface area contributed by atoms with Crippen molar-refractivity contribution in [3.05, 3.63) is 40.8 Å². The van der Waals surface area contributed by atoms with Gasteiger partial charge in [-0.2, -0.15) is 0 Å². The first-order valence-electron chi connectivity index (χ1n) is 6.64. The highest BCUT2D eigenvalue weighted by molar-refractivity contribution is 7.71. The lowest BCUT2D eigenvalue weighted by Gasteiger charge is -2.11. The number of H-pyrrole nitrogens is 1. The van der Waals surface area contributed by atoms with Crippen molar-refractivity contribution in [1.29, 1.82) is 0 Å². The van der Waals surface area contributed by atoms with Crippen LogP contribution in [0.2, 0.25) is 0 Å². The third-order valence-electron chi connectivity index (χ3n) is 2.71. The molecule has 1 N–H and O–H groups in total. The average Bonchev–Trinajstić information content (AvgIpc) is 2.45. The third-order valence-corrected chi connectivity index (χ3v) is 2.92. The largest absolute Gasteiger partial charge is 0.493 e. The fraction of sp³-hybridized carbons (Fsp3) is 0.333. The van der Waals surface area contributed by atoms with Gasteiger partial charge in [-0.1, -0.05) is 24.4 Å². The topological polar surface area (TPSA) is 47.1 Å². The number of aromatic amines is 1. The monoisotopic (exact) mass is 290 g/mol. The number of para-hydroxylation sites is 1. The van der Waals surface area contributed by atoms with Crippen molar-refractivity contribution < 1.29 is 9.47 Å². The van der Waals surface area contributed by atoms with Gasteiger partial charge in [0.1, 0.15) is 22.8 Å². The Labute approximate surface area is 123 Å². The molecule has 0 saturated heterocycles. The van der Waals surface area contributed by atoms with Gasteiger partial charge in [-0.15, -0.1) is 0 Å². The number of hydrogen-bond donors (Lipinski definition) is 1. The smallest absolute Gasteiger partial charge is 0.134 e. The Morgan fingerprint density at radius 1 is 1.20 bits per heavy atom. The number of ether oxygens (including phenoxy) is 2. The maximum absolute atomic E-state index is 5.65. The zero-order valence-electron chi connectivity index (χ0n) is 11.7. The van der Waals surface area contributed by atoms with E-state index in [4.69, 9.17) is 21.7 Å². The molecular formula is C15H18N2O2S. The van der Waals surface area contributed by atoms with Crippen LogP contribution >= 0.6 is 12.2 Å². The van der Waals surface area contributed by atoms with E-state index < -0.39 is 0 Å². The number of nitrogens with one attached hydrogen (secondary N) is 1. The predicted octanol–water partition coefficient (Wildman–Crippen LogP) is 3.74. The predicted molar refractivity (Wildman–Crippen MR) is 81.4 cm³/mol. The van der Waals surface area contributed by atoms with Gasteiger partial charge in [-0.25, -0.2) is 4.98 Å². The second kappa shape index (κ2) is 7.17. The first-order valence-corrected chi connectivity index (χ1v) is 7.05. The highest BCUT2D eigenvalue weighted by atomic mass is 32.1. The molecule has 0 atom stereocenters. The first kappa shape index (κ1) is 14.7. The summed E-state index contributed by atoms with van der Waals surface area (Å²) >= 11 is 5.22. The van der Waals surface area contributed by atoms with Crippen molar-refractivity contribution in [2.24, 2.45) is 0 Å². The minimum atomic E-state index is 0.421. The van der Waals surface area contributed by atoms with E-state index in [1.165, 1.54) is 0 Å². The van der Waals surface area contributed by atoms with Gasteiger partial charge < -0.3 is 14.5 Å². The van der Waals surface area contributed by atoms with E-state index >= 15 is 0 Å². The molecule has 0 amide bonds. The molecule has 1 aromatic heterocycles. The zero-order chi connectivity index (χ0) is 14.4. The van der Waals surface area contributed by atoms with Crippen LogP contribution in [-0.2, 0) is 11.3 Å². The van der Waals surface area contributed by atoms with Crippen molar-refractivity contribution in [3.8, 4) is 17.0 Å². The fourth-order valence-electron chi connectivity index (χ4n) is 1.89. The number of rotatable bonds is 6. The molecule has 0 unspecified atom stereocenters. The fourth-order valence-corrected chi connectivity index (χ4v) is 2.12. The molecule has 0 spiro atoms. The molecule has 0 radical (unpaired) electrons. The van der Waals surface area contributed by atoms with E-state index in [0.717, 1.165) is 22.8 Å². The molecule has 1 heterocycles. The Morgan fingerprint density at radius 2 is 2.00 bits per heavy atom. The summed E-state index contributed by atoms with van der Waals surface area (Å²) in [4.78, 5) is 7.52. The minimum absolute atomic E-state index is 0.421. The van der Waals surface area contributed by atoms with Gasteiger partial charge in [0.15, 0.2) is 0 Å². The van der Waals surface area contributed by atoms with Crippen molar-refractivity contribution in [2.75, 3.05) is 13.2 Å². The summed E-state index contributed by atoms with van der Waals surface area (Å²) in [5.74, 6) is 1.55. The molecule has 1 aromatic carbocycles. The summed E-state index contributed by atoms with van der Waals surface area (Å²) < 4.78 is 11.6. The van der Waals surface area contributed by atoms with Gasteiger partial charge in [0.2, 0.25) is 0 Å². The lowest BCUT2D eigenvalue weighted by molar-refractivity contribution is 0.128. The SMILES string of the molecule is CCOCc1nc(=S)cc(-c2ccccc2OCC)[nH]1. The molecule has 0 aliphatic carbocycles. The normalized spacial score (nSPS) is 10.5. The Morgan fingerprint density at radius 3 is 2.75 bits per heavy atom. The summed E-state index contributed by atoms with van der Waals surface area (Å²) in [6.45, 7) is 5.59.